The van der Waals surface area contributed by atoms with Gasteiger partial charge in [0.25, 0.3) is 0 Å². The Kier molecular flexibility index (Phi) is 6.00. The van der Waals surface area contributed by atoms with Gasteiger partial charge in [-0.05, 0) is 17.7 Å². The van der Waals surface area contributed by atoms with Crippen molar-refractivity contribution in [2.45, 2.75) is 21.9 Å². The largest absolute Gasteiger partial charge is 0.511 e. The molecule has 0 aliphatic heterocycles. The van der Waals surface area contributed by atoms with Crippen LogP contribution < -0.4 is 4.72 Å². The predicted molar refractivity (Wildman–Crippen MR) is 91.1 cm³/mol. The zero-order valence-corrected chi connectivity index (χ0v) is 15.4. The molecular formula is C14H12Cl3F3N2O2S. The van der Waals surface area contributed by atoms with E-state index in [9.17, 15) is 21.6 Å². The van der Waals surface area contributed by atoms with Gasteiger partial charge in [0.2, 0.25) is 3.79 Å². The van der Waals surface area contributed by atoms with Crippen LogP contribution in [0.3, 0.4) is 0 Å². The van der Waals surface area contributed by atoms with Crippen molar-refractivity contribution in [2.24, 2.45) is 0 Å². The minimum Gasteiger partial charge on any atom is -0.345 e. The van der Waals surface area contributed by atoms with Crippen LogP contribution in [-0.2, 0) is 16.6 Å². The number of benzene rings is 1. The molecule has 2 aromatic rings. The molecule has 1 heterocycles. The minimum atomic E-state index is -5.71. The second kappa shape index (κ2) is 7.36. The molecule has 138 valence electrons. The van der Waals surface area contributed by atoms with E-state index in [0.29, 0.717) is 0 Å². The molecule has 0 aliphatic rings. The van der Waals surface area contributed by atoms with Gasteiger partial charge in [0.15, 0.2) is 0 Å². The molecule has 0 radical (unpaired) electrons. The fourth-order valence-corrected chi connectivity index (χ4v) is 3.56. The molecule has 1 unspecified atom stereocenters. The maximum Gasteiger partial charge on any atom is 0.511 e. The number of hydrogen-bond acceptors (Lipinski definition) is 2. The smallest absolute Gasteiger partial charge is 0.345 e. The molecule has 1 aromatic heterocycles. The third-order valence-corrected chi connectivity index (χ3v) is 5.07. The molecule has 0 saturated carbocycles. The molecular weight excluding hydrogens is 424 g/mol. The fraction of sp³-hybridized carbons (Fsp3) is 0.286. The van der Waals surface area contributed by atoms with Crippen LogP contribution in [0.5, 0.6) is 0 Å². The fourth-order valence-electron chi connectivity index (χ4n) is 2.13. The minimum absolute atomic E-state index is 0.0803. The molecule has 1 atom stereocenters. The molecule has 25 heavy (non-hydrogen) atoms. The Morgan fingerprint density at radius 3 is 2.16 bits per heavy atom. The first kappa shape index (κ1) is 20.4. The van der Waals surface area contributed by atoms with Crippen molar-refractivity contribution in [3.63, 3.8) is 0 Å². The predicted octanol–water partition coefficient (Wildman–Crippen LogP) is 4.39. The molecule has 0 saturated heterocycles. The summed E-state index contributed by atoms with van der Waals surface area (Å²) in [5.41, 5.74) is -4.61. The third kappa shape index (κ3) is 5.04. The van der Waals surface area contributed by atoms with E-state index in [-0.39, 0.29) is 12.2 Å². The SMILES string of the molecule is O=S(=O)(NC(c1cccn1Cc1ccccc1)C(Cl)(Cl)Cl)C(F)(F)F. The zero-order valence-electron chi connectivity index (χ0n) is 12.3. The van der Waals surface area contributed by atoms with E-state index in [1.165, 1.54) is 21.4 Å². The average molecular weight is 436 g/mol. The van der Waals surface area contributed by atoms with Crippen molar-refractivity contribution in [2.75, 3.05) is 0 Å². The van der Waals surface area contributed by atoms with Gasteiger partial charge >= 0.3 is 15.5 Å². The van der Waals surface area contributed by atoms with Crippen LogP contribution in [0.25, 0.3) is 0 Å². The van der Waals surface area contributed by atoms with Gasteiger partial charge in [0, 0.05) is 18.4 Å². The number of nitrogens with one attached hydrogen (secondary N) is 1. The number of hydrogen-bond donors (Lipinski definition) is 1. The van der Waals surface area contributed by atoms with Crippen molar-refractivity contribution in [3.8, 4) is 0 Å². The van der Waals surface area contributed by atoms with Crippen molar-refractivity contribution in [1.29, 1.82) is 0 Å². The normalized spacial score (nSPS) is 14.5. The highest BCUT2D eigenvalue weighted by Crippen LogP contribution is 2.41. The topological polar surface area (TPSA) is 51.1 Å². The lowest BCUT2D eigenvalue weighted by Gasteiger charge is -2.27. The number of aromatic nitrogens is 1. The van der Waals surface area contributed by atoms with Gasteiger partial charge in [-0.25, -0.2) is 8.42 Å². The van der Waals surface area contributed by atoms with Crippen LogP contribution in [-0.4, -0.2) is 22.3 Å². The highest BCUT2D eigenvalue weighted by atomic mass is 35.6. The summed E-state index contributed by atoms with van der Waals surface area (Å²) in [6.07, 6.45) is 1.55. The van der Waals surface area contributed by atoms with Crippen LogP contribution in [0.15, 0.2) is 48.7 Å². The van der Waals surface area contributed by atoms with E-state index < -0.39 is 25.4 Å². The molecule has 2 rings (SSSR count). The van der Waals surface area contributed by atoms with Crippen molar-refractivity contribution in [1.82, 2.24) is 9.29 Å². The van der Waals surface area contributed by atoms with E-state index in [1.54, 1.807) is 30.5 Å². The summed E-state index contributed by atoms with van der Waals surface area (Å²) < 4.78 is 61.5. The standard InChI is InChI=1S/C14H12Cl3F3N2O2S/c15-13(16,17)12(21-25(23,24)14(18,19)20)11-7-4-8-22(11)9-10-5-2-1-3-6-10/h1-8,12,21H,9H2. The molecule has 1 aromatic carbocycles. The quantitative estimate of drug-likeness (QED) is 0.708. The van der Waals surface area contributed by atoms with E-state index >= 15 is 0 Å². The van der Waals surface area contributed by atoms with Crippen molar-refractivity contribution < 1.29 is 21.6 Å². The number of alkyl halides is 6. The summed E-state index contributed by atoms with van der Waals surface area (Å²) in [5.74, 6) is 0. The Bertz CT molecular complexity index is 818. The van der Waals surface area contributed by atoms with Gasteiger partial charge < -0.3 is 4.57 Å². The summed E-state index contributed by atoms with van der Waals surface area (Å²) in [7, 11) is -5.71. The summed E-state index contributed by atoms with van der Waals surface area (Å²) in [6, 6.07) is 10.2. The first-order valence-corrected chi connectivity index (χ1v) is 9.38. The molecule has 0 fully saturated rings. The summed E-state index contributed by atoms with van der Waals surface area (Å²) >= 11 is 17.2. The Balaban J connectivity index is 2.40. The average Bonchev–Trinajstić information content (AvgIpc) is 2.91. The van der Waals surface area contributed by atoms with Gasteiger partial charge in [-0.2, -0.15) is 17.9 Å². The number of sulfonamides is 1. The van der Waals surface area contributed by atoms with Gasteiger partial charge in [-0.3, -0.25) is 0 Å². The lowest BCUT2D eigenvalue weighted by molar-refractivity contribution is -0.0451. The highest BCUT2D eigenvalue weighted by Gasteiger charge is 2.50. The summed E-state index contributed by atoms with van der Waals surface area (Å²) in [5, 5.41) is 0. The number of rotatable bonds is 5. The van der Waals surface area contributed by atoms with Crippen LogP contribution in [0.1, 0.15) is 17.3 Å². The van der Waals surface area contributed by atoms with Crippen LogP contribution >= 0.6 is 34.8 Å². The number of halogens is 6. The molecule has 0 amide bonds. The van der Waals surface area contributed by atoms with E-state index in [4.69, 9.17) is 34.8 Å². The van der Waals surface area contributed by atoms with Crippen molar-refractivity contribution in [3.05, 3.63) is 59.9 Å². The molecule has 11 heteroatoms. The molecule has 0 aliphatic carbocycles. The first-order chi connectivity index (χ1) is 11.4. The lowest BCUT2D eigenvalue weighted by Crippen LogP contribution is -2.43. The van der Waals surface area contributed by atoms with E-state index in [1.807, 2.05) is 6.07 Å². The van der Waals surface area contributed by atoms with Gasteiger partial charge in [0.05, 0.1) is 0 Å². The first-order valence-electron chi connectivity index (χ1n) is 6.76. The van der Waals surface area contributed by atoms with E-state index in [2.05, 4.69) is 0 Å². The summed E-state index contributed by atoms with van der Waals surface area (Å²) in [6.45, 7) is 0.258. The van der Waals surface area contributed by atoms with Crippen LogP contribution in [0.4, 0.5) is 13.2 Å². The lowest BCUT2D eigenvalue weighted by atomic mass is 10.2. The molecule has 4 nitrogen and oxygen atoms in total. The second-order valence-electron chi connectivity index (χ2n) is 5.09. The second-order valence-corrected chi connectivity index (χ2v) is 9.16. The van der Waals surface area contributed by atoms with Crippen LogP contribution in [0, 0.1) is 0 Å². The monoisotopic (exact) mass is 434 g/mol. The third-order valence-electron chi connectivity index (χ3n) is 3.26. The maximum absolute atomic E-state index is 12.7. The molecule has 1 N–H and O–H groups in total. The Labute approximate surface area is 157 Å². The highest BCUT2D eigenvalue weighted by molar-refractivity contribution is 7.90. The Morgan fingerprint density at radius 2 is 1.64 bits per heavy atom. The maximum atomic E-state index is 12.7. The summed E-state index contributed by atoms with van der Waals surface area (Å²) in [4.78, 5) is 0. The van der Waals surface area contributed by atoms with Crippen LogP contribution in [0.2, 0.25) is 0 Å². The zero-order chi connectivity index (χ0) is 18.9. The molecule has 0 spiro atoms. The van der Waals surface area contributed by atoms with E-state index in [0.717, 1.165) is 5.56 Å². The van der Waals surface area contributed by atoms with Crippen molar-refractivity contribution >= 4 is 44.8 Å². The molecule has 0 bridgehead atoms. The van der Waals surface area contributed by atoms with Gasteiger partial charge in [0.1, 0.15) is 6.04 Å². The number of nitrogens with zero attached hydrogens (tertiary/aromatic N) is 1. The van der Waals surface area contributed by atoms with Gasteiger partial charge in [-0.1, -0.05) is 65.1 Å². The Morgan fingerprint density at radius 1 is 1.04 bits per heavy atom. The van der Waals surface area contributed by atoms with Gasteiger partial charge in [-0.15, -0.1) is 0 Å². The Hall–Kier alpha value is -0.930.